The largest absolute Gasteiger partial charge is 0.496 e. The highest BCUT2D eigenvalue weighted by atomic mass is 32.1. The second-order valence-corrected chi connectivity index (χ2v) is 6.39. The van der Waals surface area contributed by atoms with E-state index in [1.165, 1.54) is 4.88 Å². The van der Waals surface area contributed by atoms with Crippen LogP contribution in [0, 0.1) is 6.92 Å². The number of hydrogen-bond acceptors (Lipinski definition) is 4. The maximum Gasteiger partial charge on any atom is 0.124 e. The first-order valence-electron chi connectivity index (χ1n) is 7.18. The van der Waals surface area contributed by atoms with E-state index in [4.69, 9.17) is 4.74 Å². The number of hydrogen-bond donors (Lipinski definition) is 2. The molecule has 0 spiro atoms. The summed E-state index contributed by atoms with van der Waals surface area (Å²) in [6.07, 6.45) is 0.417. The molecule has 4 heteroatoms. The van der Waals surface area contributed by atoms with Gasteiger partial charge in [-0.3, -0.25) is 0 Å². The average molecular weight is 305 g/mol. The first-order chi connectivity index (χ1) is 10.1. The number of benzene rings is 1. The van der Waals surface area contributed by atoms with Crippen LogP contribution in [0.4, 0.5) is 0 Å². The maximum atomic E-state index is 10.4. The van der Waals surface area contributed by atoms with Crippen molar-refractivity contribution in [2.75, 3.05) is 13.7 Å². The Labute approximate surface area is 130 Å². The van der Waals surface area contributed by atoms with Crippen molar-refractivity contribution in [2.45, 2.75) is 32.4 Å². The third kappa shape index (κ3) is 4.56. The summed E-state index contributed by atoms with van der Waals surface area (Å²) in [6, 6.07) is 10.4. The summed E-state index contributed by atoms with van der Waals surface area (Å²) < 4.78 is 5.33. The summed E-state index contributed by atoms with van der Waals surface area (Å²) in [6.45, 7) is 4.68. The van der Waals surface area contributed by atoms with E-state index in [9.17, 15) is 5.11 Å². The number of rotatable bonds is 7. The minimum atomic E-state index is -0.564. The second-order valence-electron chi connectivity index (χ2n) is 5.35. The van der Waals surface area contributed by atoms with Gasteiger partial charge in [-0.1, -0.05) is 17.7 Å². The van der Waals surface area contributed by atoms with E-state index in [1.807, 2.05) is 25.1 Å². The molecule has 1 aromatic heterocycles. The molecule has 114 valence electrons. The van der Waals surface area contributed by atoms with Crippen molar-refractivity contribution < 1.29 is 9.84 Å². The van der Waals surface area contributed by atoms with E-state index in [-0.39, 0.29) is 0 Å². The highest BCUT2D eigenvalue weighted by Gasteiger charge is 2.14. The van der Waals surface area contributed by atoms with Crippen molar-refractivity contribution in [2.24, 2.45) is 0 Å². The number of aliphatic hydroxyl groups is 1. The Morgan fingerprint density at radius 1 is 1.33 bits per heavy atom. The summed E-state index contributed by atoms with van der Waals surface area (Å²) in [5, 5.41) is 15.9. The molecule has 0 amide bonds. The molecule has 0 saturated carbocycles. The molecule has 0 aliphatic heterocycles. The minimum absolute atomic E-state index is 0.328. The standard InChI is InChI=1S/C17H23NO2S/c1-12-6-7-17(20-3)15(9-12)16(19)11-18-13(2)10-14-5-4-8-21-14/h4-9,13,16,18-19H,10-11H2,1-3H3. The molecule has 0 radical (unpaired) electrons. The molecule has 0 aliphatic rings. The van der Waals surface area contributed by atoms with Crippen LogP contribution in [0.1, 0.15) is 29.0 Å². The number of aryl methyl sites for hydroxylation is 1. The Morgan fingerprint density at radius 3 is 2.81 bits per heavy atom. The maximum absolute atomic E-state index is 10.4. The second kappa shape index (κ2) is 7.59. The summed E-state index contributed by atoms with van der Waals surface area (Å²) >= 11 is 1.77. The first-order valence-corrected chi connectivity index (χ1v) is 8.06. The van der Waals surface area contributed by atoms with Gasteiger partial charge in [-0.05, 0) is 43.8 Å². The van der Waals surface area contributed by atoms with Crippen molar-refractivity contribution in [3.63, 3.8) is 0 Å². The van der Waals surface area contributed by atoms with Gasteiger partial charge in [0.15, 0.2) is 0 Å². The summed E-state index contributed by atoms with van der Waals surface area (Å²) in [5.41, 5.74) is 1.96. The fourth-order valence-electron chi connectivity index (χ4n) is 2.34. The number of thiophene rings is 1. The third-order valence-corrected chi connectivity index (χ3v) is 4.39. The quantitative estimate of drug-likeness (QED) is 0.824. The van der Waals surface area contributed by atoms with Crippen molar-refractivity contribution in [3.8, 4) is 5.75 Å². The van der Waals surface area contributed by atoms with Gasteiger partial charge in [-0.25, -0.2) is 0 Å². The number of ether oxygens (including phenoxy) is 1. The lowest BCUT2D eigenvalue weighted by atomic mass is 10.0. The molecule has 0 saturated heterocycles. The van der Waals surface area contributed by atoms with Gasteiger partial charge in [-0.2, -0.15) is 0 Å². The molecule has 3 nitrogen and oxygen atoms in total. The van der Waals surface area contributed by atoms with E-state index >= 15 is 0 Å². The van der Waals surface area contributed by atoms with Crippen LogP contribution >= 0.6 is 11.3 Å². The number of nitrogens with one attached hydrogen (secondary N) is 1. The first kappa shape index (κ1) is 16.0. The predicted molar refractivity (Wildman–Crippen MR) is 88.2 cm³/mol. The fraction of sp³-hybridized carbons (Fsp3) is 0.412. The lowest BCUT2D eigenvalue weighted by Crippen LogP contribution is -2.32. The Balaban J connectivity index is 1.92. The Morgan fingerprint density at radius 2 is 2.14 bits per heavy atom. The van der Waals surface area contributed by atoms with E-state index in [2.05, 4.69) is 29.8 Å². The molecular formula is C17H23NO2S. The number of aliphatic hydroxyl groups excluding tert-OH is 1. The molecule has 2 atom stereocenters. The highest BCUT2D eigenvalue weighted by molar-refractivity contribution is 7.09. The van der Waals surface area contributed by atoms with Crippen LogP contribution in [0.2, 0.25) is 0 Å². The topological polar surface area (TPSA) is 41.5 Å². The van der Waals surface area contributed by atoms with E-state index in [0.717, 1.165) is 23.3 Å². The molecule has 1 aromatic carbocycles. The van der Waals surface area contributed by atoms with Gasteiger partial charge in [0, 0.05) is 23.0 Å². The van der Waals surface area contributed by atoms with Crippen LogP contribution in [0.3, 0.4) is 0 Å². The Hall–Kier alpha value is -1.36. The zero-order chi connectivity index (χ0) is 15.2. The van der Waals surface area contributed by atoms with Crippen molar-refractivity contribution in [3.05, 3.63) is 51.7 Å². The lowest BCUT2D eigenvalue weighted by Gasteiger charge is -2.19. The molecule has 2 N–H and O–H groups in total. The highest BCUT2D eigenvalue weighted by Crippen LogP contribution is 2.26. The van der Waals surface area contributed by atoms with E-state index in [1.54, 1.807) is 18.4 Å². The summed E-state index contributed by atoms with van der Waals surface area (Å²) in [5.74, 6) is 0.737. The van der Waals surface area contributed by atoms with Gasteiger partial charge in [-0.15, -0.1) is 11.3 Å². The molecular weight excluding hydrogens is 282 g/mol. The molecule has 0 bridgehead atoms. The van der Waals surface area contributed by atoms with Crippen molar-refractivity contribution in [1.29, 1.82) is 0 Å². The van der Waals surface area contributed by atoms with Gasteiger partial charge in [0.2, 0.25) is 0 Å². The molecule has 0 aliphatic carbocycles. The monoisotopic (exact) mass is 305 g/mol. The SMILES string of the molecule is COc1ccc(C)cc1C(O)CNC(C)Cc1cccs1. The van der Waals surface area contributed by atoms with Gasteiger partial charge in [0.25, 0.3) is 0 Å². The van der Waals surface area contributed by atoms with Gasteiger partial charge >= 0.3 is 0 Å². The zero-order valence-electron chi connectivity index (χ0n) is 12.8. The zero-order valence-corrected chi connectivity index (χ0v) is 13.6. The fourth-order valence-corrected chi connectivity index (χ4v) is 3.17. The van der Waals surface area contributed by atoms with Crippen LogP contribution in [0.5, 0.6) is 5.75 Å². The Bertz CT molecular complexity index is 554. The lowest BCUT2D eigenvalue weighted by molar-refractivity contribution is 0.166. The Kier molecular flexibility index (Phi) is 5.79. The van der Waals surface area contributed by atoms with Crippen LogP contribution in [0.25, 0.3) is 0 Å². The van der Waals surface area contributed by atoms with Crippen molar-refractivity contribution >= 4 is 11.3 Å². The summed E-state index contributed by atoms with van der Waals surface area (Å²) in [7, 11) is 1.63. The predicted octanol–water partition coefficient (Wildman–Crippen LogP) is 3.32. The van der Waals surface area contributed by atoms with Gasteiger partial charge in [0.1, 0.15) is 5.75 Å². The molecule has 2 aromatic rings. The van der Waals surface area contributed by atoms with Crippen LogP contribution in [-0.2, 0) is 6.42 Å². The van der Waals surface area contributed by atoms with Gasteiger partial charge < -0.3 is 15.2 Å². The molecule has 2 unspecified atom stereocenters. The molecule has 21 heavy (non-hydrogen) atoms. The van der Waals surface area contributed by atoms with Crippen LogP contribution < -0.4 is 10.1 Å². The third-order valence-electron chi connectivity index (χ3n) is 3.49. The minimum Gasteiger partial charge on any atom is -0.496 e. The average Bonchev–Trinajstić information content (AvgIpc) is 2.97. The number of methoxy groups -OCH3 is 1. The van der Waals surface area contributed by atoms with Crippen LogP contribution in [0.15, 0.2) is 35.7 Å². The smallest absolute Gasteiger partial charge is 0.124 e. The summed E-state index contributed by atoms with van der Waals surface area (Å²) in [4.78, 5) is 1.36. The van der Waals surface area contributed by atoms with Gasteiger partial charge in [0.05, 0.1) is 13.2 Å². The molecule has 2 rings (SSSR count). The van der Waals surface area contributed by atoms with Crippen molar-refractivity contribution in [1.82, 2.24) is 5.32 Å². The normalized spacial score (nSPS) is 13.9. The van der Waals surface area contributed by atoms with E-state index in [0.29, 0.717) is 12.6 Å². The molecule has 1 heterocycles. The molecule has 0 fully saturated rings. The van der Waals surface area contributed by atoms with E-state index < -0.39 is 6.10 Å². The van der Waals surface area contributed by atoms with Crippen LogP contribution in [-0.4, -0.2) is 24.8 Å².